The molecule has 0 radical (unpaired) electrons. The van der Waals surface area contributed by atoms with Gasteiger partial charge in [-0.1, -0.05) is 35.5 Å². The number of thioether (sulfide) groups is 1. The average Bonchev–Trinajstić information content (AvgIpc) is 2.92. The van der Waals surface area contributed by atoms with Crippen LogP contribution in [0, 0.1) is 0 Å². The van der Waals surface area contributed by atoms with E-state index >= 15 is 0 Å². The predicted octanol–water partition coefficient (Wildman–Crippen LogP) is 2.32. The third-order valence-corrected chi connectivity index (χ3v) is 3.99. The fourth-order valence-corrected chi connectivity index (χ4v) is 2.62. The average molecular weight is 335 g/mol. The molecule has 0 spiro atoms. The highest BCUT2D eigenvalue weighted by molar-refractivity contribution is 7.99. The zero-order chi connectivity index (χ0) is 15.5. The highest BCUT2D eigenvalue weighted by atomic mass is 35.5. The molecule has 1 amide bonds. The van der Waals surface area contributed by atoms with Crippen molar-refractivity contribution >= 4 is 51.9 Å². The molecule has 22 heavy (non-hydrogen) atoms. The van der Waals surface area contributed by atoms with Crippen molar-refractivity contribution in [2.24, 2.45) is 0 Å². The Balaban J connectivity index is 1.65. The number of nitrogens with two attached hydrogens (primary N) is 1. The predicted molar refractivity (Wildman–Crippen MR) is 86.9 cm³/mol. The standard InChI is InChI=1S/C13H11ClN6OS/c14-7-3-1-2-4-8(7)18-9(21)5-22-13-19-10-11(15)16-6-17-12(10)20-13/h1-4,6H,5H2,(H,18,21)(H3,15,16,17,19,20). The maximum Gasteiger partial charge on any atom is 0.234 e. The molecular weight excluding hydrogens is 324 g/mol. The lowest BCUT2D eigenvalue weighted by molar-refractivity contribution is -0.113. The van der Waals surface area contributed by atoms with Crippen molar-refractivity contribution in [3.05, 3.63) is 35.6 Å². The quantitative estimate of drug-likeness (QED) is 0.632. The Kier molecular flexibility index (Phi) is 4.12. The highest BCUT2D eigenvalue weighted by Crippen LogP contribution is 2.23. The molecule has 0 saturated carbocycles. The molecule has 0 bridgehead atoms. The van der Waals surface area contributed by atoms with Gasteiger partial charge in [0.1, 0.15) is 11.8 Å². The first kappa shape index (κ1) is 14.6. The molecule has 2 aromatic heterocycles. The lowest BCUT2D eigenvalue weighted by Gasteiger charge is -2.05. The zero-order valence-corrected chi connectivity index (χ0v) is 12.8. The number of aromatic amines is 1. The summed E-state index contributed by atoms with van der Waals surface area (Å²) >= 11 is 7.23. The number of para-hydroxylation sites is 1. The number of anilines is 2. The van der Waals surface area contributed by atoms with Crippen LogP contribution in [0.25, 0.3) is 11.2 Å². The van der Waals surface area contributed by atoms with Gasteiger partial charge in [0.15, 0.2) is 16.6 Å². The van der Waals surface area contributed by atoms with E-state index < -0.39 is 0 Å². The van der Waals surface area contributed by atoms with Crippen LogP contribution >= 0.6 is 23.4 Å². The molecule has 0 unspecified atom stereocenters. The first-order chi connectivity index (χ1) is 10.6. The summed E-state index contributed by atoms with van der Waals surface area (Å²) in [4.78, 5) is 27.0. The number of nitrogens with zero attached hydrogens (tertiary/aromatic N) is 3. The van der Waals surface area contributed by atoms with Crippen molar-refractivity contribution < 1.29 is 4.79 Å². The summed E-state index contributed by atoms with van der Waals surface area (Å²) in [5.41, 5.74) is 7.34. The second kappa shape index (κ2) is 6.20. The molecule has 7 nitrogen and oxygen atoms in total. The van der Waals surface area contributed by atoms with E-state index in [0.29, 0.717) is 32.8 Å². The number of nitrogen functional groups attached to an aromatic ring is 1. The minimum atomic E-state index is -0.183. The maximum absolute atomic E-state index is 11.9. The van der Waals surface area contributed by atoms with Crippen molar-refractivity contribution in [2.45, 2.75) is 5.16 Å². The van der Waals surface area contributed by atoms with E-state index in [2.05, 4.69) is 25.3 Å². The SMILES string of the molecule is Nc1ncnc2nc(SCC(=O)Nc3ccccc3Cl)[nH]c12. The Morgan fingerprint density at radius 2 is 2.18 bits per heavy atom. The molecule has 3 rings (SSSR count). The lowest BCUT2D eigenvalue weighted by Crippen LogP contribution is -2.14. The number of carbonyl (C=O) groups excluding carboxylic acids is 1. The summed E-state index contributed by atoms with van der Waals surface area (Å²) in [6, 6.07) is 7.05. The smallest absolute Gasteiger partial charge is 0.234 e. The van der Waals surface area contributed by atoms with Crippen LogP contribution in [-0.2, 0) is 4.79 Å². The van der Waals surface area contributed by atoms with E-state index in [1.165, 1.54) is 18.1 Å². The van der Waals surface area contributed by atoms with Gasteiger partial charge in [-0.25, -0.2) is 15.0 Å². The van der Waals surface area contributed by atoms with Gasteiger partial charge in [-0.05, 0) is 12.1 Å². The van der Waals surface area contributed by atoms with E-state index in [-0.39, 0.29) is 11.7 Å². The van der Waals surface area contributed by atoms with Crippen LogP contribution in [0.15, 0.2) is 35.7 Å². The largest absolute Gasteiger partial charge is 0.382 e. The monoisotopic (exact) mass is 334 g/mol. The number of benzene rings is 1. The molecule has 3 aromatic rings. The van der Waals surface area contributed by atoms with Gasteiger partial charge in [0, 0.05) is 0 Å². The van der Waals surface area contributed by atoms with Crippen LogP contribution in [0.4, 0.5) is 11.5 Å². The molecule has 112 valence electrons. The number of amides is 1. The lowest BCUT2D eigenvalue weighted by atomic mass is 10.3. The van der Waals surface area contributed by atoms with E-state index in [1.54, 1.807) is 24.3 Å². The number of nitrogens with one attached hydrogen (secondary N) is 2. The molecule has 2 heterocycles. The number of hydrogen-bond donors (Lipinski definition) is 3. The first-order valence-corrected chi connectivity index (χ1v) is 7.63. The summed E-state index contributed by atoms with van der Waals surface area (Å²) in [5.74, 6) is 0.320. The van der Waals surface area contributed by atoms with Gasteiger partial charge in [0.25, 0.3) is 0 Å². The Labute approximate surface area is 134 Å². The van der Waals surface area contributed by atoms with Crippen molar-refractivity contribution in [1.29, 1.82) is 0 Å². The summed E-state index contributed by atoms with van der Waals surface area (Å²) in [6.07, 6.45) is 1.34. The van der Waals surface area contributed by atoms with Gasteiger partial charge in [-0.3, -0.25) is 4.79 Å². The molecule has 0 aliphatic carbocycles. The van der Waals surface area contributed by atoms with Gasteiger partial charge in [0.2, 0.25) is 5.91 Å². The molecular formula is C13H11ClN6OS. The van der Waals surface area contributed by atoms with Crippen LogP contribution in [0.3, 0.4) is 0 Å². The van der Waals surface area contributed by atoms with Gasteiger partial charge in [-0.15, -0.1) is 0 Å². The number of H-pyrrole nitrogens is 1. The fraction of sp³-hybridized carbons (Fsp3) is 0.0769. The summed E-state index contributed by atoms with van der Waals surface area (Å²) in [6.45, 7) is 0. The van der Waals surface area contributed by atoms with Gasteiger partial charge < -0.3 is 16.0 Å². The Morgan fingerprint density at radius 1 is 1.36 bits per heavy atom. The maximum atomic E-state index is 11.9. The number of fused-ring (bicyclic) bond motifs is 1. The molecule has 1 aromatic carbocycles. The molecule has 4 N–H and O–H groups in total. The van der Waals surface area contributed by atoms with Crippen LogP contribution in [0.2, 0.25) is 5.02 Å². The van der Waals surface area contributed by atoms with E-state index in [0.717, 1.165) is 0 Å². The number of imidazole rings is 1. The second-order valence-corrected chi connectivity index (χ2v) is 5.69. The van der Waals surface area contributed by atoms with Crippen molar-refractivity contribution in [1.82, 2.24) is 19.9 Å². The Hall–Kier alpha value is -2.32. The van der Waals surface area contributed by atoms with Crippen LogP contribution in [0.1, 0.15) is 0 Å². The van der Waals surface area contributed by atoms with Crippen molar-refractivity contribution in [2.75, 3.05) is 16.8 Å². The van der Waals surface area contributed by atoms with E-state index in [4.69, 9.17) is 17.3 Å². The van der Waals surface area contributed by atoms with E-state index in [9.17, 15) is 4.79 Å². The molecule has 0 atom stereocenters. The summed E-state index contributed by atoms with van der Waals surface area (Å²) in [5, 5.41) is 3.79. The minimum Gasteiger partial charge on any atom is -0.382 e. The van der Waals surface area contributed by atoms with Crippen molar-refractivity contribution in [3.63, 3.8) is 0 Å². The first-order valence-electron chi connectivity index (χ1n) is 6.27. The molecule has 0 fully saturated rings. The van der Waals surface area contributed by atoms with Crippen LogP contribution in [-0.4, -0.2) is 31.6 Å². The normalized spacial score (nSPS) is 10.8. The minimum absolute atomic E-state index is 0.179. The highest BCUT2D eigenvalue weighted by Gasteiger charge is 2.11. The Morgan fingerprint density at radius 3 is 2.95 bits per heavy atom. The van der Waals surface area contributed by atoms with E-state index in [1.807, 2.05) is 0 Å². The number of halogens is 1. The topological polar surface area (TPSA) is 110 Å². The van der Waals surface area contributed by atoms with Crippen molar-refractivity contribution in [3.8, 4) is 0 Å². The Bertz CT molecular complexity index is 836. The van der Waals surface area contributed by atoms with Crippen LogP contribution in [0.5, 0.6) is 0 Å². The second-order valence-electron chi connectivity index (χ2n) is 4.32. The van der Waals surface area contributed by atoms with Gasteiger partial charge in [-0.2, -0.15) is 0 Å². The number of rotatable bonds is 4. The number of carbonyl (C=O) groups is 1. The third kappa shape index (κ3) is 3.12. The van der Waals surface area contributed by atoms with Gasteiger partial charge >= 0.3 is 0 Å². The van der Waals surface area contributed by atoms with Crippen LogP contribution < -0.4 is 11.1 Å². The summed E-state index contributed by atoms with van der Waals surface area (Å²) in [7, 11) is 0. The number of hydrogen-bond acceptors (Lipinski definition) is 6. The summed E-state index contributed by atoms with van der Waals surface area (Å²) < 4.78 is 0. The van der Waals surface area contributed by atoms with Gasteiger partial charge in [0.05, 0.1) is 16.5 Å². The molecule has 0 aliphatic rings. The number of aromatic nitrogens is 4. The third-order valence-electron chi connectivity index (χ3n) is 2.78. The zero-order valence-electron chi connectivity index (χ0n) is 11.2. The molecule has 9 heteroatoms. The molecule has 0 saturated heterocycles. The molecule has 0 aliphatic heterocycles. The fourth-order valence-electron chi connectivity index (χ4n) is 1.78.